The Morgan fingerprint density at radius 3 is 2.67 bits per heavy atom. The van der Waals surface area contributed by atoms with Gasteiger partial charge in [0.05, 0.1) is 0 Å². The van der Waals surface area contributed by atoms with Gasteiger partial charge in [0, 0.05) is 6.20 Å². The second kappa shape index (κ2) is 1.12. The molecule has 1 heterocycles. The fourth-order valence-electron chi connectivity index (χ4n) is 0.276. The molecule has 0 aliphatic rings. The minimum atomic E-state index is 0.375. The van der Waals surface area contributed by atoms with Crippen molar-refractivity contribution in [3.05, 3.63) is 24.5 Å². The lowest BCUT2D eigenvalue weighted by molar-refractivity contribution is 0.368. The van der Waals surface area contributed by atoms with Gasteiger partial charge in [-0.25, -0.2) is 0 Å². The van der Waals surface area contributed by atoms with Crippen molar-refractivity contribution in [3.63, 3.8) is 0 Å². The maximum Gasteiger partial charge on any atom is 0.100 e. The third kappa shape index (κ3) is 0.407. The van der Waals surface area contributed by atoms with Gasteiger partial charge in [0.1, 0.15) is 6.20 Å². The van der Waals surface area contributed by atoms with Crippen LogP contribution in [0.2, 0.25) is 0 Å². The van der Waals surface area contributed by atoms with Gasteiger partial charge in [-0.15, -0.1) is 0 Å². The fraction of sp³-hybridized carbons (Fsp3) is 0. The molecule has 0 saturated carbocycles. The third-order valence-electron chi connectivity index (χ3n) is 0.511. The molecule has 0 atom stereocenters. The molecule has 0 aromatic carbocycles. The van der Waals surface area contributed by atoms with Crippen LogP contribution in [0, 0.1) is 6.20 Å². The van der Waals surface area contributed by atoms with Gasteiger partial charge in [-0.3, -0.25) is 0 Å². The Labute approximate surface area is 35.0 Å². The summed E-state index contributed by atoms with van der Waals surface area (Å²) in [6, 6.07) is 3.07. The molecule has 1 radical (unpaired) electrons. The Kier molecular flexibility index (Phi) is 0.638. The van der Waals surface area contributed by atoms with E-state index in [0.717, 1.165) is 0 Å². The Morgan fingerprint density at radius 1 is 1.67 bits per heavy atom. The Balaban J connectivity index is 3.05. The number of halogens is 1. The molecule has 1 aromatic rings. The van der Waals surface area contributed by atoms with Crippen LogP contribution in [0.25, 0.3) is 0 Å². The SMILES string of the molecule is Fn1[c]ccc1. The predicted molar refractivity (Wildman–Crippen MR) is 19.8 cm³/mol. The maximum absolute atomic E-state index is 11.5. The molecule has 0 unspecified atom stereocenters. The number of hydrogen-bond donors (Lipinski definition) is 0. The standard InChI is InChI=1S/C4H3FN/c5-6-3-1-2-4-6/h1-3H. The quantitative estimate of drug-likeness (QED) is 0.442. The van der Waals surface area contributed by atoms with Crippen LogP contribution in [0.3, 0.4) is 0 Å². The van der Waals surface area contributed by atoms with E-state index in [1.807, 2.05) is 0 Å². The topological polar surface area (TPSA) is 4.93 Å². The number of rotatable bonds is 0. The van der Waals surface area contributed by atoms with E-state index in [9.17, 15) is 4.48 Å². The van der Waals surface area contributed by atoms with E-state index in [0.29, 0.717) is 4.79 Å². The number of aromatic nitrogens is 1. The smallest absolute Gasteiger partial charge is 0.100 e. The molecule has 0 N–H and O–H groups in total. The molecule has 1 nitrogen and oxygen atoms in total. The lowest BCUT2D eigenvalue weighted by Crippen LogP contribution is -1.67. The lowest BCUT2D eigenvalue weighted by Gasteiger charge is -1.70. The normalized spacial score (nSPS) is 8.83. The summed E-state index contributed by atoms with van der Waals surface area (Å²) in [4.78, 5) is 0.375. The lowest BCUT2D eigenvalue weighted by atomic mass is 10.7. The van der Waals surface area contributed by atoms with E-state index in [4.69, 9.17) is 0 Å². The zero-order chi connectivity index (χ0) is 4.41. The average Bonchev–Trinajstić information content (AvgIpc) is 1.86. The number of nitrogens with zero attached hydrogens (tertiary/aromatic N) is 1. The van der Waals surface area contributed by atoms with E-state index in [1.165, 1.54) is 12.3 Å². The first-order valence-electron chi connectivity index (χ1n) is 1.61. The van der Waals surface area contributed by atoms with Crippen LogP contribution in [-0.2, 0) is 0 Å². The van der Waals surface area contributed by atoms with Gasteiger partial charge in [-0.2, -0.15) is 4.79 Å². The summed E-state index contributed by atoms with van der Waals surface area (Å²) in [6.07, 6.45) is 3.53. The van der Waals surface area contributed by atoms with Crippen LogP contribution >= 0.6 is 0 Å². The molecule has 0 bridgehead atoms. The van der Waals surface area contributed by atoms with Crippen molar-refractivity contribution in [1.29, 1.82) is 0 Å². The zero-order valence-electron chi connectivity index (χ0n) is 3.06. The Morgan fingerprint density at radius 2 is 2.50 bits per heavy atom. The van der Waals surface area contributed by atoms with Crippen molar-refractivity contribution in [1.82, 2.24) is 4.79 Å². The summed E-state index contributed by atoms with van der Waals surface area (Å²) >= 11 is 0. The van der Waals surface area contributed by atoms with E-state index in [2.05, 4.69) is 6.20 Å². The highest BCUT2D eigenvalue weighted by molar-refractivity contribution is 4.85. The Hall–Kier alpha value is -0.790. The van der Waals surface area contributed by atoms with Gasteiger partial charge in [-0.1, -0.05) is 4.48 Å². The molecule has 31 valence electrons. The zero-order valence-corrected chi connectivity index (χ0v) is 3.06. The second-order valence-corrected chi connectivity index (χ2v) is 0.948. The minimum absolute atomic E-state index is 0.375. The van der Waals surface area contributed by atoms with Crippen LogP contribution in [0.1, 0.15) is 0 Å². The van der Waals surface area contributed by atoms with Crippen molar-refractivity contribution < 1.29 is 4.48 Å². The number of hydrogen-bond acceptors (Lipinski definition) is 0. The summed E-state index contributed by atoms with van der Waals surface area (Å²) < 4.78 is 11.5. The molecule has 0 aliphatic heterocycles. The van der Waals surface area contributed by atoms with Crippen LogP contribution in [-0.4, -0.2) is 4.79 Å². The summed E-state index contributed by atoms with van der Waals surface area (Å²) in [5.74, 6) is 0. The van der Waals surface area contributed by atoms with Crippen LogP contribution in [0.15, 0.2) is 18.3 Å². The van der Waals surface area contributed by atoms with Crippen molar-refractivity contribution in [2.75, 3.05) is 0 Å². The van der Waals surface area contributed by atoms with Gasteiger partial charge < -0.3 is 0 Å². The molecule has 0 spiro atoms. The molecule has 6 heavy (non-hydrogen) atoms. The monoisotopic (exact) mass is 84.0 g/mol. The first-order chi connectivity index (χ1) is 2.89. The predicted octanol–water partition coefficient (Wildman–Crippen LogP) is 1.02. The summed E-state index contributed by atoms with van der Waals surface area (Å²) in [6.45, 7) is 0. The molecule has 0 fully saturated rings. The molecule has 0 saturated heterocycles. The minimum Gasteiger partial charge on any atom is -0.185 e. The summed E-state index contributed by atoms with van der Waals surface area (Å²) in [5, 5.41) is 0. The van der Waals surface area contributed by atoms with Crippen LogP contribution in [0.4, 0.5) is 4.48 Å². The van der Waals surface area contributed by atoms with Gasteiger partial charge in [-0.05, 0) is 12.1 Å². The highest BCUT2D eigenvalue weighted by Crippen LogP contribution is 1.83. The van der Waals surface area contributed by atoms with Gasteiger partial charge in [0.25, 0.3) is 0 Å². The van der Waals surface area contributed by atoms with Crippen molar-refractivity contribution in [2.45, 2.75) is 0 Å². The third-order valence-corrected chi connectivity index (χ3v) is 0.511. The first kappa shape index (κ1) is 3.40. The molecular weight excluding hydrogens is 81.0 g/mol. The molecule has 1 aromatic heterocycles. The van der Waals surface area contributed by atoms with Gasteiger partial charge >= 0.3 is 0 Å². The van der Waals surface area contributed by atoms with Crippen molar-refractivity contribution >= 4 is 0 Å². The van der Waals surface area contributed by atoms with E-state index < -0.39 is 0 Å². The van der Waals surface area contributed by atoms with Gasteiger partial charge in [0.2, 0.25) is 0 Å². The average molecular weight is 84.1 g/mol. The van der Waals surface area contributed by atoms with Gasteiger partial charge in [0.15, 0.2) is 0 Å². The first-order valence-corrected chi connectivity index (χ1v) is 1.61. The fourth-order valence-corrected chi connectivity index (χ4v) is 0.276. The van der Waals surface area contributed by atoms with Crippen LogP contribution < -0.4 is 0 Å². The van der Waals surface area contributed by atoms with Crippen molar-refractivity contribution in [3.8, 4) is 0 Å². The second-order valence-electron chi connectivity index (χ2n) is 0.948. The van der Waals surface area contributed by atoms with Crippen LogP contribution in [0.5, 0.6) is 0 Å². The van der Waals surface area contributed by atoms with E-state index in [-0.39, 0.29) is 0 Å². The molecule has 0 aliphatic carbocycles. The highest BCUT2D eigenvalue weighted by atomic mass is 19.2. The maximum atomic E-state index is 11.5. The molecule has 0 amide bonds. The largest absolute Gasteiger partial charge is 0.185 e. The molecule has 2 heteroatoms. The van der Waals surface area contributed by atoms with E-state index >= 15 is 0 Å². The summed E-state index contributed by atoms with van der Waals surface area (Å²) in [7, 11) is 0. The molecule has 1 rings (SSSR count). The van der Waals surface area contributed by atoms with E-state index in [1.54, 1.807) is 6.07 Å². The summed E-state index contributed by atoms with van der Waals surface area (Å²) in [5.41, 5.74) is 0. The van der Waals surface area contributed by atoms with Crippen molar-refractivity contribution in [2.24, 2.45) is 0 Å². The molecular formula is C4H3FN. The Bertz CT molecular complexity index is 111. The highest BCUT2D eigenvalue weighted by Gasteiger charge is 1.74.